The molecule has 0 atom stereocenters. The number of hydrogen-bond acceptors (Lipinski definition) is 5. The molecule has 0 aromatic heterocycles. The Morgan fingerprint density at radius 3 is 2.47 bits per heavy atom. The lowest BCUT2D eigenvalue weighted by Crippen LogP contribution is -2.30. The van der Waals surface area contributed by atoms with Crippen LogP contribution >= 0.6 is 0 Å². The molecule has 0 aliphatic carbocycles. The zero-order valence-corrected chi connectivity index (χ0v) is 20.0. The van der Waals surface area contributed by atoms with Crippen LogP contribution in [-0.4, -0.2) is 24.2 Å². The van der Waals surface area contributed by atoms with Crippen LogP contribution in [-0.2, 0) is 16.2 Å². The van der Waals surface area contributed by atoms with E-state index in [0.717, 1.165) is 34.9 Å². The van der Waals surface area contributed by atoms with Gasteiger partial charge in [-0.15, -0.1) is 0 Å². The second kappa shape index (κ2) is 10.4. The summed E-state index contributed by atoms with van der Waals surface area (Å²) in [6, 6.07) is 28.2. The van der Waals surface area contributed by atoms with Crippen molar-refractivity contribution in [2.45, 2.75) is 26.3 Å². The molecule has 4 aromatic rings. The number of para-hydroxylation sites is 1. The number of anilines is 1. The molecule has 0 saturated carbocycles. The fourth-order valence-corrected chi connectivity index (χ4v) is 4.27. The highest BCUT2D eigenvalue weighted by atomic mass is 16.7. The first-order valence-electron chi connectivity index (χ1n) is 12.1. The van der Waals surface area contributed by atoms with Crippen LogP contribution in [0.5, 0.6) is 5.75 Å². The van der Waals surface area contributed by atoms with Crippen LogP contribution in [0, 0.1) is 0 Å². The number of carbonyl (C=O) groups excluding carboxylic acids is 2. The van der Waals surface area contributed by atoms with Gasteiger partial charge in [-0.1, -0.05) is 79.2 Å². The highest BCUT2D eigenvalue weighted by Gasteiger charge is 2.35. The Kier molecular flexibility index (Phi) is 6.76. The van der Waals surface area contributed by atoms with Crippen molar-refractivity contribution in [2.24, 2.45) is 5.16 Å². The molecule has 1 heterocycles. The number of ether oxygens (including phenoxy) is 1. The standard InChI is InChI=1S/C30H26N2O4/c1-2-3-19-35-24-17-15-22(16-18-24)30(34)36-31-28-26-13-6-7-14-27(26)32(29(28)33)20-23-11-8-10-21-9-4-5-12-25(21)23/h4-18H,2-3,19-20H2,1H3/b31-28-. The number of carbonyl (C=O) groups is 2. The van der Waals surface area contributed by atoms with Gasteiger partial charge in [0.1, 0.15) is 5.75 Å². The lowest BCUT2D eigenvalue weighted by atomic mass is 10.0. The summed E-state index contributed by atoms with van der Waals surface area (Å²) < 4.78 is 5.63. The summed E-state index contributed by atoms with van der Waals surface area (Å²) >= 11 is 0. The second-order valence-electron chi connectivity index (χ2n) is 8.59. The molecule has 180 valence electrons. The van der Waals surface area contributed by atoms with Crippen molar-refractivity contribution in [1.29, 1.82) is 0 Å². The number of rotatable bonds is 8. The lowest BCUT2D eigenvalue weighted by molar-refractivity contribution is -0.112. The van der Waals surface area contributed by atoms with Crippen molar-refractivity contribution in [3.8, 4) is 5.75 Å². The van der Waals surface area contributed by atoms with Gasteiger partial charge in [-0.3, -0.25) is 4.79 Å². The smallest absolute Gasteiger partial charge is 0.365 e. The minimum absolute atomic E-state index is 0.110. The second-order valence-corrected chi connectivity index (χ2v) is 8.59. The zero-order valence-electron chi connectivity index (χ0n) is 20.0. The molecule has 5 rings (SSSR count). The fraction of sp³-hybridized carbons (Fsp3) is 0.167. The fourth-order valence-electron chi connectivity index (χ4n) is 4.27. The number of amides is 1. The van der Waals surface area contributed by atoms with Gasteiger partial charge in [-0.05, 0) is 53.1 Å². The van der Waals surface area contributed by atoms with Crippen LogP contribution in [0.15, 0.2) is 96.2 Å². The van der Waals surface area contributed by atoms with Gasteiger partial charge in [-0.25, -0.2) is 4.79 Å². The van der Waals surface area contributed by atoms with Gasteiger partial charge in [0.15, 0.2) is 5.71 Å². The zero-order chi connectivity index (χ0) is 24.9. The monoisotopic (exact) mass is 478 g/mol. The number of fused-ring (bicyclic) bond motifs is 2. The summed E-state index contributed by atoms with van der Waals surface area (Å²) in [6.45, 7) is 3.11. The van der Waals surface area contributed by atoms with Gasteiger partial charge in [0.25, 0.3) is 5.91 Å². The Labute approximate surface area is 209 Å². The van der Waals surface area contributed by atoms with Crippen molar-refractivity contribution in [2.75, 3.05) is 11.5 Å². The summed E-state index contributed by atoms with van der Waals surface area (Å²) in [4.78, 5) is 32.9. The van der Waals surface area contributed by atoms with Crippen LogP contribution < -0.4 is 9.64 Å². The highest BCUT2D eigenvalue weighted by molar-refractivity contribution is 6.54. The van der Waals surface area contributed by atoms with Crippen LogP contribution in [0.3, 0.4) is 0 Å². The van der Waals surface area contributed by atoms with Gasteiger partial charge in [-0.2, -0.15) is 0 Å². The van der Waals surface area contributed by atoms with E-state index in [2.05, 4.69) is 24.2 Å². The highest BCUT2D eigenvalue weighted by Crippen LogP contribution is 2.32. The SMILES string of the molecule is CCCCOc1ccc(C(=O)O/N=C2\C(=O)N(Cc3cccc4ccccc34)c3ccccc32)cc1. The largest absolute Gasteiger partial charge is 0.494 e. The molecule has 0 spiro atoms. The van der Waals surface area contributed by atoms with E-state index < -0.39 is 5.97 Å². The van der Waals surface area contributed by atoms with Crippen molar-refractivity contribution >= 4 is 34.0 Å². The summed E-state index contributed by atoms with van der Waals surface area (Å²) in [5, 5.41) is 6.20. The summed E-state index contributed by atoms with van der Waals surface area (Å²) in [5.41, 5.74) is 2.83. The van der Waals surface area contributed by atoms with Crippen molar-refractivity contribution in [1.82, 2.24) is 0 Å². The molecule has 6 heteroatoms. The van der Waals surface area contributed by atoms with E-state index in [-0.39, 0.29) is 11.6 Å². The Bertz CT molecular complexity index is 1440. The molecule has 0 N–H and O–H groups in total. The number of benzene rings is 4. The normalized spacial score (nSPS) is 13.8. The Morgan fingerprint density at radius 1 is 0.889 bits per heavy atom. The average molecular weight is 479 g/mol. The van der Waals surface area contributed by atoms with E-state index in [4.69, 9.17) is 9.57 Å². The first-order chi connectivity index (χ1) is 17.7. The van der Waals surface area contributed by atoms with E-state index in [0.29, 0.717) is 30.0 Å². The molecular formula is C30H26N2O4. The molecule has 0 saturated heterocycles. The topological polar surface area (TPSA) is 68.2 Å². The van der Waals surface area contributed by atoms with Crippen LogP contribution in [0.4, 0.5) is 5.69 Å². The van der Waals surface area contributed by atoms with Crippen LogP contribution in [0.25, 0.3) is 10.8 Å². The van der Waals surface area contributed by atoms with Gasteiger partial charge < -0.3 is 14.5 Å². The van der Waals surface area contributed by atoms with E-state index >= 15 is 0 Å². The average Bonchev–Trinajstić information content (AvgIpc) is 3.18. The molecule has 1 aliphatic heterocycles. The molecule has 4 aromatic carbocycles. The molecule has 36 heavy (non-hydrogen) atoms. The molecule has 1 aliphatic rings. The van der Waals surface area contributed by atoms with Gasteiger partial charge in [0.05, 0.1) is 24.4 Å². The van der Waals surface area contributed by atoms with E-state index in [9.17, 15) is 9.59 Å². The summed E-state index contributed by atoms with van der Waals surface area (Å²) in [5.74, 6) is -0.257. The third-order valence-corrected chi connectivity index (χ3v) is 6.18. The Balaban J connectivity index is 1.35. The van der Waals surface area contributed by atoms with Crippen molar-refractivity contribution in [3.63, 3.8) is 0 Å². The number of unbranched alkanes of at least 4 members (excludes halogenated alkanes) is 1. The maximum Gasteiger partial charge on any atom is 0.365 e. The summed E-state index contributed by atoms with van der Waals surface area (Å²) in [6.07, 6.45) is 2.01. The molecule has 6 nitrogen and oxygen atoms in total. The lowest BCUT2D eigenvalue weighted by Gasteiger charge is -2.18. The molecule has 0 unspecified atom stereocenters. The maximum atomic E-state index is 13.4. The minimum Gasteiger partial charge on any atom is -0.494 e. The quantitative estimate of drug-likeness (QED) is 0.174. The van der Waals surface area contributed by atoms with Crippen LogP contribution in [0.1, 0.15) is 41.3 Å². The maximum absolute atomic E-state index is 13.4. The predicted octanol–water partition coefficient (Wildman–Crippen LogP) is 6.13. The van der Waals surface area contributed by atoms with Gasteiger partial charge in [0.2, 0.25) is 0 Å². The van der Waals surface area contributed by atoms with Crippen molar-refractivity contribution < 1.29 is 19.2 Å². The first-order valence-corrected chi connectivity index (χ1v) is 12.1. The predicted molar refractivity (Wildman–Crippen MR) is 140 cm³/mol. The van der Waals surface area contributed by atoms with E-state index in [1.54, 1.807) is 29.2 Å². The molecule has 0 bridgehead atoms. The molecular weight excluding hydrogens is 452 g/mol. The van der Waals surface area contributed by atoms with Gasteiger partial charge in [0, 0.05) is 5.56 Å². The third-order valence-electron chi connectivity index (χ3n) is 6.18. The molecule has 0 fully saturated rings. The van der Waals surface area contributed by atoms with E-state index in [1.165, 1.54) is 0 Å². The van der Waals surface area contributed by atoms with Crippen molar-refractivity contribution in [3.05, 3.63) is 108 Å². The van der Waals surface area contributed by atoms with E-state index in [1.807, 2.05) is 54.6 Å². The summed E-state index contributed by atoms with van der Waals surface area (Å²) in [7, 11) is 0. The Hall–Kier alpha value is -4.45. The first kappa shape index (κ1) is 23.3. The van der Waals surface area contributed by atoms with Crippen LogP contribution in [0.2, 0.25) is 0 Å². The Morgan fingerprint density at radius 2 is 1.64 bits per heavy atom. The number of hydrogen-bond donors (Lipinski definition) is 0. The number of nitrogens with zero attached hydrogens (tertiary/aromatic N) is 2. The molecule has 1 amide bonds. The third kappa shape index (κ3) is 4.70. The molecule has 0 radical (unpaired) electrons. The van der Waals surface area contributed by atoms with Gasteiger partial charge >= 0.3 is 5.97 Å². The number of oxime groups is 1. The minimum atomic E-state index is -0.639.